The minimum Gasteiger partial charge on any atom is -0.481 e. The zero-order chi connectivity index (χ0) is 22.3. The molecule has 0 saturated heterocycles. The van der Waals surface area contributed by atoms with Crippen molar-refractivity contribution in [2.75, 3.05) is 0 Å². The molecular formula is C28H33NO2. The molecule has 0 fully saturated rings. The highest BCUT2D eigenvalue weighted by Crippen LogP contribution is 2.25. The van der Waals surface area contributed by atoms with Crippen molar-refractivity contribution in [1.82, 2.24) is 4.90 Å². The summed E-state index contributed by atoms with van der Waals surface area (Å²) >= 11 is 0. The minimum atomic E-state index is -0.520. The summed E-state index contributed by atoms with van der Waals surface area (Å²) in [5, 5.41) is 0. The Balaban J connectivity index is 1.78. The number of rotatable bonds is 8. The van der Waals surface area contributed by atoms with Gasteiger partial charge in [0.15, 0.2) is 6.10 Å². The molecule has 0 aliphatic carbocycles. The summed E-state index contributed by atoms with van der Waals surface area (Å²) in [5.74, 6) is 0.739. The average molecular weight is 416 g/mol. The number of carbonyl (C=O) groups is 1. The van der Waals surface area contributed by atoms with E-state index in [1.165, 1.54) is 5.56 Å². The molecule has 0 aliphatic heterocycles. The van der Waals surface area contributed by atoms with Gasteiger partial charge in [-0.25, -0.2) is 0 Å². The molecule has 3 nitrogen and oxygen atoms in total. The summed E-state index contributed by atoms with van der Waals surface area (Å²) in [6.07, 6.45) is 0.0906. The van der Waals surface area contributed by atoms with Crippen molar-refractivity contribution in [1.29, 1.82) is 0 Å². The summed E-state index contributed by atoms with van der Waals surface area (Å²) < 4.78 is 6.16. The second-order valence-electron chi connectivity index (χ2n) is 8.95. The largest absolute Gasteiger partial charge is 0.481 e. The predicted octanol–water partition coefficient (Wildman–Crippen LogP) is 6.37. The molecule has 0 radical (unpaired) electrons. The van der Waals surface area contributed by atoms with Crippen molar-refractivity contribution < 1.29 is 9.53 Å². The topological polar surface area (TPSA) is 29.5 Å². The first-order valence-electron chi connectivity index (χ1n) is 11.0. The SMILES string of the molecule is CC[C@H](Oc1ccc(C(C)(C)C)cc1)C(=O)N(Cc1ccccc1)Cc1ccccc1. The zero-order valence-corrected chi connectivity index (χ0v) is 19.0. The van der Waals surface area contributed by atoms with Crippen LogP contribution in [0, 0.1) is 0 Å². The molecule has 3 rings (SSSR count). The molecular weight excluding hydrogens is 382 g/mol. The number of hydrogen-bond acceptors (Lipinski definition) is 2. The Kier molecular flexibility index (Phi) is 7.51. The molecule has 0 unspecified atom stereocenters. The van der Waals surface area contributed by atoms with Crippen molar-refractivity contribution in [3.63, 3.8) is 0 Å². The predicted molar refractivity (Wildman–Crippen MR) is 127 cm³/mol. The summed E-state index contributed by atoms with van der Waals surface area (Å²) in [4.78, 5) is 15.4. The van der Waals surface area contributed by atoms with E-state index in [0.29, 0.717) is 19.5 Å². The second kappa shape index (κ2) is 10.3. The number of hydrogen-bond donors (Lipinski definition) is 0. The molecule has 3 aromatic rings. The first-order valence-corrected chi connectivity index (χ1v) is 11.0. The lowest BCUT2D eigenvalue weighted by atomic mass is 9.87. The maximum atomic E-state index is 13.5. The average Bonchev–Trinajstić information content (AvgIpc) is 2.78. The first kappa shape index (κ1) is 22.6. The van der Waals surface area contributed by atoms with E-state index < -0.39 is 6.10 Å². The van der Waals surface area contributed by atoms with Crippen molar-refractivity contribution >= 4 is 5.91 Å². The van der Waals surface area contributed by atoms with Crippen LogP contribution < -0.4 is 4.74 Å². The molecule has 0 bridgehead atoms. The fraction of sp³-hybridized carbons (Fsp3) is 0.321. The Bertz CT molecular complexity index is 902. The van der Waals surface area contributed by atoms with Gasteiger partial charge in [0, 0.05) is 13.1 Å². The summed E-state index contributed by atoms with van der Waals surface area (Å²) in [7, 11) is 0. The zero-order valence-electron chi connectivity index (χ0n) is 19.0. The van der Waals surface area contributed by atoms with Crippen LogP contribution in [-0.2, 0) is 23.3 Å². The van der Waals surface area contributed by atoms with Crippen LogP contribution in [-0.4, -0.2) is 16.9 Å². The second-order valence-corrected chi connectivity index (χ2v) is 8.95. The van der Waals surface area contributed by atoms with Crippen LogP contribution in [0.5, 0.6) is 5.75 Å². The van der Waals surface area contributed by atoms with E-state index in [9.17, 15) is 4.79 Å². The van der Waals surface area contributed by atoms with Gasteiger partial charge in [0.05, 0.1) is 0 Å². The number of carbonyl (C=O) groups excluding carboxylic acids is 1. The Morgan fingerprint density at radius 1 is 0.806 bits per heavy atom. The summed E-state index contributed by atoms with van der Waals surface area (Å²) in [6.45, 7) is 9.66. The third-order valence-electron chi connectivity index (χ3n) is 5.39. The highest BCUT2D eigenvalue weighted by Gasteiger charge is 2.25. The van der Waals surface area contributed by atoms with E-state index in [0.717, 1.165) is 16.9 Å². The van der Waals surface area contributed by atoms with Crippen LogP contribution in [0.4, 0.5) is 0 Å². The molecule has 162 valence electrons. The molecule has 1 atom stereocenters. The molecule has 31 heavy (non-hydrogen) atoms. The Morgan fingerprint density at radius 2 is 1.29 bits per heavy atom. The standard InChI is InChI=1S/C28H33NO2/c1-5-26(31-25-18-16-24(17-19-25)28(2,3)4)27(30)29(20-22-12-8-6-9-13-22)21-23-14-10-7-11-15-23/h6-19,26H,5,20-21H2,1-4H3/t26-/m0/s1. The molecule has 0 saturated carbocycles. The maximum Gasteiger partial charge on any atom is 0.264 e. The molecule has 0 N–H and O–H groups in total. The van der Waals surface area contributed by atoms with Crippen molar-refractivity contribution in [3.8, 4) is 5.75 Å². The van der Waals surface area contributed by atoms with Crippen LogP contribution in [0.3, 0.4) is 0 Å². The lowest BCUT2D eigenvalue weighted by molar-refractivity contribution is -0.140. The smallest absolute Gasteiger partial charge is 0.264 e. The number of nitrogens with zero attached hydrogens (tertiary/aromatic N) is 1. The van der Waals surface area contributed by atoms with Crippen LogP contribution in [0.2, 0.25) is 0 Å². The fourth-order valence-electron chi connectivity index (χ4n) is 3.53. The quantitative estimate of drug-likeness (QED) is 0.428. The van der Waals surface area contributed by atoms with Gasteiger partial charge >= 0.3 is 0 Å². The van der Waals surface area contributed by atoms with Gasteiger partial charge in [0.1, 0.15) is 5.75 Å². The van der Waals surface area contributed by atoms with E-state index >= 15 is 0 Å². The molecule has 0 aromatic heterocycles. The van der Waals surface area contributed by atoms with Crippen molar-refractivity contribution in [3.05, 3.63) is 102 Å². The van der Waals surface area contributed by atoms with Gasteiger partial charge in [-0.1, -0.05) is 100 Å². The summed E-state index contributed by atoms with van der Waals surface area (Å²) in [6, 6.07) is 28.3. The third-order valence-corrected chi connectivity index (χ3v) is 5.39. The van der Waals surface area contributed by atoms with Gasteiger partial charge in [0.2, 0.25) is 0 Å². The molecule has 3 heteroatoms. The minimum absolute atomic E-state index is 0.00936. The van der Waals surface area contributed by atoms with Crippen LogP contribution in [0.1, 0.15) is 50.8 Å². The highest BCUT2D eigenvalue weighted by atomic mass is 16.5. The van der Waals surface area contributed by atoms with E-state index in [1.54, 1.807) is 0 Å². The van der Waals surface area contributed by atoms with Gasteiger partial charge in [-0.05, 0) is 40.7 Å². The van der Waals surface area contributed by atoms with Gasteiger partial charge < -0.3 is 9.64 Å². The van der Waals surface area contributed by atoms with Crippen LogP contribution >= 0.6 is 0 Å². The van der Waals surface area contributed by atoms with Gasteiger partial charge in [-0.2, -0.15) is 0 Å². The molecule has 0 heterocycles. The van der Waals surface area contributed by atoms with Gasteiger partial charge in [0.25, 0.3) is 5.91 Å². The fourth-order valence-corrected chi connectivity index (χ4v) is 3.53. The summed E-state index contributed by atoms with van der Waals surface area (Å²) in [5.41, 5.74) is 3.54. The highest BCUT2D eigenvalue weighted by molar-refractivity contribution is 5.81. The molecule has 0 aliphatic rings. The van der Waals surface area contributed by atoms with Crippen molar-refractivity contribution in [2.45, 2.75) is 58.7 Å². The van der Waals surface area contributed by atoms with Crippen molar-refractivity contribution in [2.24, 2.45) is 0 Å². The Morgan fingerprint density at radius 3 is 1.71 bits per heavy atom. The van der Waals surface area contributed by atoms with Crippen LogP contribution in [0.15, 0.2) is 84.9 Å². The maximum absolute atomic E-state index is 13.5. The first-order chi connectivity index (χ1) is 14.9. The number of benzene rings is 3. The van der Waals surface area contributed by atoms with E-state index in [-0.39, 0.29) is 11.3 Å². The monoisotopic (exact) mass is 415 g/mol. The van der Waals surface area contributed by atoms with Gasteiger partial charge in [-0.15, -0.1) is 0 Å². The van der Waals surface area contributed by atoms with E-state index in [1.807, 2.05) is 60.4 Å². The van der Waals surface area contributed by atoms with E-state index in [4.69, 9.17) is 4.74 Å². The number of ether oxygens (including phenoxy) is 1. The van der Waals surface area contributed by atoms with E-state index in [2.05, 4.69) is 57.2 Å². The van der Waals surface area contributed by atoms with Crippen LogP contribution in [0.25, 0.3) is 0 Å². The number of amides is 1. The normalized spacial score (nSPS) is 12.3. The Labute approximate surface area is 186 Å². The molecule has 3 aromatic carbocycles. The molecule has 1 amide bonds. The lowest BCUT2D eigenvalue weighted by Crippen LogP contribution is -2.41. The van der Waals surface area contributed by atoms with Gasteiger partial charge in [-0.3, -0.25) is 4.79 Å². The Hall–Kier alpha value is -3.07. The third kappa shape index (κ3) is 6.45. The molecule has 0 spiro atoms. The lowest BCUT2D eigenvalue weighted by Gasteiger charge is -2.28.